The van der Waals surface area contributed by atoms with Gasteiger partial charge in [0.25, 0.3) is 0 Å². The third kappa shape index (κ3) is 3.27. The average Bonchev–Trinajstić information content (AvgIpc) is 3.31. The number of rotatable bonds is 4. The summed E-state index contributed by atoms with van der Waals surface area (Å²) < 4.78 is 18.9. The summed E-state index contributed by atoms with van der Waals surface area (Å²) in [5.41, 5.74) is 3.61. The molecule has 1 aromatic carbocycles. The lowest BCUT2D eigenvalue weighted by Gasteiger charge is -2.32. The van der Waals surface area contributed by atoms with Crippen LogP contribution in [0.15, 0.2) is 24.3 Å². The van der Waals surface area contributed by atoms with Crippen LogP contribution in [0.3, 0.4) is 0 Å². The Morgan fingerprint density at radius 2 is 2.12 bits per heavy atom. The zero-order valence-electron chi connectivity index (χ0n) is 13.3. The Hall–Kier alpha value is -1.99. The van der Waals surface area contributed by atoms with Crippen molar-refractivity contribution in [3.63, 3.8) is 0 Å². The predicted molar refractivity (Wildman–Crippen MR) is 83.5 cm³/mol. The number of benzene rings is 1. The van der Waals surface area contributed by atoms with Crippen LogP contribution in [-0.2, 0) is 19.7 Å². The third-order valence-corrected chi connectivity index (χ3v) is 4.69. The van der Waals surface area contributed by atoms with Crippen molar-refractivity contribution in [2.75, 3.05) is 26.3 Å². The Morgan fingerprint density at radius 1 is 1.38 bits per heavy atom. The van der Waals surface area contributed by atoms with Crippen LogP contribution in [0.5, 0.6) is 0 Å². The van der Waals surface area contributed by atoms with Crippen molar-refractivity contribution in [3.05, 3.63) is 35.6 Å². The SMILES string of the molecule is NC(=O)C[C@@]1(O)COCCN(C(=O)C2(c3cccc(F)c3)CC2)C1. The number of nitrogens with two attached hydrogens (primary N) is 1. The van der Waals surface area contributed by atoms with Crippen molar-refractivity contribution >= 4 is 11.8 Å². The minimum atomic E-state index is -1.49. The van der Waals surface area contributed by atoms with Gasteiger partial charge in [0.05, 0.1) is 31.6 Å². The molecule has 6 nitrogen and oxygen atoms in total. The molecule has 1 aromatic rings. The molecule has 1 aliphatic heterocycles. The van der Waals surface area contributed by atoms with Crippen LogP contribution in [0, 0.1) is 5.82 Å². The van der Waals surface area contributed by atoms with Gasteiger partial charge in [0.1, 0.15) is 11.4 Å². The van der Waals surface area contributed by atoms with Crippen LogP contribution in [0.4, 0.5) is 4.39 Å². The first kappa shape index (κ1) is 16.9. The van der Waals surface area contributed by atoms with E-state index in [1.54, 1.807) is 12.1 Å². The number of carbonyl (C=O) groups is 2. The lowest BCUT2D eigenvalue weighted by atomic mass is 9.92. The molecule has 0 bridgehead atoms. The topological polar surface area (TPSA) is 92.9 Å². The van der Waals surface area contributed by atoms with Gasteiger partial charge in [-0.1, -0.05) is 12.1 Å². The van der Waals surface area contributed by atoms with E-state index in [1.807, 2.05) is 0 Å². The van der Waals surface area contributed by atoms with E-state index in [9.17, 15) is 19.1 Å². The van der Waals surface area contributed by atoms with Gasteiger partial charge < -0.3 is 20.5 Å². The van der Waals surface area contributed by atoms with Crippen LogP contribution >= 0.6 is 0 Å². The summed E-state index contributed by atoms with van der Waals surface area (Å²) in [4.78, 5) is 25.7. The van der Waals surface area contributed by atoms with Crippen molar-refractivity contribution < 1.29 is 23.8 Å². The van der Waals surface area contributed by atoms with E-state index in [1.165, 1.54) is 17.0 Å². The molecule has 1 saturated carbocycles. The summed E-state index contributed by atoms with van der Waals surface area (Å²) in [7, 11) is 0. The molecule has 24 heavy (non-hydrogen) atoms. The van der Waals surface area contributed by atoms with Gasteiger partial charge in [-0.25, -0.2) is 4.39 Å². The third-order valence-electron chi connectivity index (χ3n) is 4.69. The maximum absolute atomic E-state index is 13.5. The molecular formula is C17H21FN2O4. The summed E-state index contributed by atoms with van der Waals surface area (Å²) in [6.07, 6.45) is 1.01. The standard InChI is InChI=1S/C17H21FN2O4/c18-13-3-1-2-12(8-13)17(4-5-17)15(22)20-6-7-24-11-16(23,10-20)9-14(19)21/h1-3,8,23H,4-7,9-11H2,(H2,19,21)/t16-/m0/s1. The Kier molecular flexibility index (Phi) is 4.31. The summed E-state index contributed by atoms with van der Waals surface area (Å²) in [5.74, 6) is -1.20. The number of primary amides is 1. The van der Waals surface area contributed by atoms with Crippen LogP contribution in [-0.4, -0.2) is 53.7 Å². The van der Waals surface area contributed by atoms with Crippen molar-refractivity contribution in [1.82, 2.24) is 4.90 Å². The van der Waals surface area contributed by atoms with Gasteiger partial charge >= 0.3 is 0 Å². The minimum Gasteiger partial charge on any atom is -0.385 e. The number of halogens is 1. The molecule has 0 spiro atoms. The number of amides is 2. The molecule has 1 aliphatic carbocycles. The normalized spacial score (nSPS) is 25.8. The fraction of sp³-hybridized carbons (Fsp3) is 0.529. The molecule has 1 atom stereocenters. The summed E-state index contributed by atoms with van der Waals surface area (Å²) in [5, 5.41) is 10.6. The number of aliphatic hydroxyl groups is 1. The van der Waals surface area contributed by atoms with E-state index in [-0.39, 0.29) is 37.9 Å². The largest absolute Gasteiger partial charge is 0.385 e. The predicted octanol–water partition coefficient (Wildman–Crippen LogP) is 0.323. The lowest BCUT2D eigenvalue weighted by molar-refractivity contribution is -0.139. The van der Waals surface area contributed by atoms with E-state index >= 15 is 0 Å². The van der Waals surface area contributed by atoms with Crippen molar-refractivity contribution in [2.45, 2.75) is 30.3 Å². The van der Waals surface area contributed by atoms with Crippen LogP contribution in [0.2, 0.25) is 0 Å². The molecule has 1 saturated heterocycles. The summed E-state index contributed by atoms with van der Waals surface area (Å²) in [6, 6.07) is 6.06. The molecule has 0 unspecified atom stereocenters. The second kappa shape index (κ2) is 6.14. The van der Waals surface area contributed by atoms with Crippen LogP contribution < -0.4 is 5.73 Å². The fourth-order valence-corrected chi connectivity index (χ4v) is 3.36. The van der Waals surface area contributed by atoms with Crippen molar-refractivity contribution in [3.8, 4) is 0 Å². The molecule has 3 N–H and O–H groups in total. The fourth-order valence-electron chi connectivity index (χ4n) is 3.36. The lowest BCUT2D eigenvalue weighted by Crippen LogP contribution is -2.50. The highest BCUT2D eigenvalue weighted by molar-refractivity contribution is 5.91. The number of carbonyl (C=O) groups excluding carboxylic acids is 2. The van der Waals surface area contributed by atoms with Gasteiger partial charge in [-0.15, -0.1) is 0 Å². The average molecular weight is 336 g/mol. The Bertz CT molecular complexity index is 662. The van der Waals surface area contributed by atoms with E-state index in [4.69, 9.17) is 10.5 Å². The zero-order valence-corrected chi connectivity index (χ0v) is 13.3. The van der Waals surface area contributed by atoms with E-state index in [2.05, 4.69) is 0 Å². The van der Waals surface area contributed by atoms with Gasteiger partial charge in [0.2, 0.25) is 11.8 Å². The molecule has 3 rings (SSSR count). The van der Waals surface area contributed by atoms with Gasteiger partial charge in [-0.3, -0.25) is 9.59 Å². The Balaban J connectivity index is 1.82. The van der Waals surface area contributed by atoms with Crippen molar-refractivity contribution in [1.29, 1.82) is 0 Å². The maximum Gasteiger partial charge on any atom is 0.233 e. The first-order valence-corrected chi connectivity index (χ1v) is 7.99. The number of hydrogen-bond acceptors (Lipinski definition) is 4. The first-order chi connectivity index (χ1) is 11.3. The molecule has 2 aliphatic rings. The molecule has 0 aromatic heterocycles. The smallest absolute Gasteiger partial charge is 0.233 e. The molecular weight excluding hydrogens is 315 g/mol. The van der Waals surface area contributed by atoms with Gasteiger partial charge in [0, 0.05) is 6.54 Å². The molecule has 2 amide bonds. The molecule has 1 heterocycles. The van der Waals surface area contributed by atoms with Gasteiger partial charge in [-0.2, -0.15) is 0 Å². The number of hydrogen-bond donors (Lipinski definition) is 2. The van der Waals surface area contributed by atoms with E-state index < -0.39 is 16.9 Å². The highest BCUT2D eigenvalue weighted by atomic mass is 19.1. The first-order valence-electron chi connectivity index (χ1n) is 7.99. The Morgan fingerprint density at radius 3 is 2.75 bits per heavy atom. The monoisotopic (exact) mass is 336 g/mol. The molecule has 2 fully saturated rings. The van der Waals surface area contributed by atoms with Crippen LogP contribution in [0.1, 0.15) is 24.8 Å². The van der Waals surface area contributed by atoms with E-state index in [0.717, 1.165) is 0 Å². The Labute approximate surface area is 139 Å². The summed E-state index contributed by atoms with van der Waals surface area (Å²) >= 11 is 0. The quantitative estimate of drug-likeness (QED) is 0.828. The second-order valence-corrected chi connectivity index (χ2v) is 6.74. The van der Waals surface area contributed by atoms with Gasteiger partial charge in [-0.05, 0) is 30.5 Å². The molecule has 130 valence electrons. The highest BCUT2D eigenvalue weighted by Crippen LogP contribution is 2.50. The minimum absolute atomic E-state index is 0.0220. The summed E-state index contributed by atoms with van der Waals surface area (Å²) in [6.45, 7) is 0.515. The van der Waals surface area contributed by atoms with Crippen LogP contribution in [0.25, 0.3) is 0 Å². The molecule has 0 radical (unpaired) electrons. The van der Waals surface area contributed by atoms with E-state index in [0.29, 0.717) is 24.9 Å². The number of β-amino-alcohol motifs (C(OH)–C–C–N with tert-alkyl or cyclic N) is 1. The second-order valence-electron chi connectivity index (χ2n) is 6.74. The highest BCUT2D eigenvalue weighted by Gasteiger charge is 2.54. The number of ether oxygens (including phenoxy) is 1. The number of nitrogens with zero attached hydrogens (tertiary/aromatic N) is 1. The zero-order chi connectivity index (χ0) is 17.4. The van der Waals surface area contributed by atoms with Crippen molar-refractivity contribution in [2.24, 2.45) is 5.73 Å². The molecule has 7 heteroatoms. The maximum atomic E-state index is 13.5. The van der Waals surface area contributed by atoms with Gasteiger partial charge in [0.15, 0.2) is 0 Å².